The number of hydrogen-bond acceptors (Lipinski definition) is 10. The van der Waals surface area contributed by atoms with Gasteiger partial charge in [0, 0.05) is 44.4 Å². The second-order valence-electron chi connectivity index (χ2n) is 10.1. The van der Waals surface area contributed by atoms with Gasteiger partial charge in [-0.05, 0) is 18.4 Å². The number of amides is 8. The number of nitrogens with one attached hydrogen (secondary N) is 4. The van der Waals surface area contributed by atoms with Gasteiger partial charge in [-0.25, -0.2) is 4.79 Å². The van der Waals surface area contributed by atoms with Crippen molar-refractivity contribution in [1.29, 1.82) is 0 Å². The maximum absolute atomic E-state index is 12.8. The molecule has 45 heavy (non-hydrogen) atoms. The Morgan fingerprint density at radius 3 is 2.02 bits per heavy atom. The minimum Gasteiger partial charge on any atom is -0.347 e. The van der Waals surface area contributed by atoms with Gasteiger partial charge in [0.1, 0.15) is 12.6 Å². The zero-order valence-electron chi connectivity index (χ0n) is 24.4. The first kappa shape index (κ1) is 34.1. The number of nitrogens with zero attached hydrogens (tertiary/aromatic N) is 2. The van der Waals surface area contributed by atoms with Gasteiger partial charge < -0.3 is 26.1 Å². The summed E-state index contributed by atoms with van der Waals surface area (Å²) >= 11 is 0. The highest BCUT2D eigenvalue weighted by molar-refractivity contribution is 6.12. The van der Waals surface area contributed by atoms with E-state index in [1.807, 2.05) is 0 Å². The summed E-state index contributed by atoms with van der Waals surface area (Å²) in [6.07, 6.45) is 4.03. The Morgan fingerprint density at radius 2 is 1.36 bits per heavy atom. The highest BCUT2D eigenvalue weighted by atomic mass is 16.7. The SMILES string of the molecule is O=C(CCCCCN1C(=O)C=CC1=O)NCC(=O)NCC(=O)NC(Cc1ccccc1)C(=O)NCC(=O)ON1C(=O)CCC1=O. The Hall–Kier alpha value is -5.41. The largest absolute Gasteiger partial charge is 0.352 e. The average molecular weight is 627 g/mol. The number of hydroxylamine groups is 2. The lowest BCUT2D eigenvalue weighted by Crippen LogP contribution is -2.52. The van der Waals surface area contributed by atoms with E-state index in [1.54, 1.807) is 30.3 Å². The molecule has 4 N–H and O–H groups in total. The van der Waals surface area contributed by atoms with E-state index in [9.17, 15) is 43.2 Å². The first-order chi connectivity index (χ1) is 21.5. The van der Waals surface area contributed by atoms with Crippen molar-refractivity contribution >= 4 is 53.2 Å². The van der Waals surface area contributed by atoms with Crippen molar-refractivity contribution < 1.29 is 48.0 Å². The van der Waals surface area contributed by atoms with Crippen LogP contribution in [0.1, 0.15) is 44.1 Å². The number of hydrogen-bond donors (Lipinski definition) is 4. The monoisotopic (exact) mass is 626 g/mol. The molecular weight excluding hydrogens is 592 g/mol. The average Bonchev–Trinajstić information content (AvgIpc) is 3.51. The van der Waals surface area contributed by atoms with E-state index in [0.29, 0.717) is 29.9 Å². The Bertz CT molecular complexity index is 1330. The van der Waals surface area contributed by atoms with E-state index in [2.05, 4.69) is 21.3 Å². The third kappa shape index (κ3) is 11.3. The molecule has 1 aromatic rings. The van der Waals surface area contributed by atoms with Crippen molar-refractivity contribution in [3.8, 4) is 0 Å². The fourth-order valence-electron chi connectivity index (χ4n) is 4.27. The molecule has 3 rings (SSSR count). The zero-order valence-corrected chi connectivity index (χ0v) is 24.4. The first-order valence-corrected chi connectivity index (χ1v) is 14.3. The Labute approximate surface area is 257 Å². The van der Waals surface area contributed by atoms with Gasteiger partial charge in [-0.1, -0.05) is 36.8 Å². The molecule has 1 fully saturated rings. The molecule has 2 aliphatic rings. The van der Waals surface area contributed by atoms with Gasteiger partial charge in [-0.15, -0.1) is 5.06 Å². The third-order valence-corrected chi connectivity index (χ3v) is 6.62. The number of imide groups is 2. The summed E-state index contributed by atoms with van der Waals surface area (Å²) in [4.78, 5) is 114. The van der Waals surface area contributed by atoms with Gasteiger partial charge in [0.25, 0.3) is 23.6 Å². The summed E-state index contributed by atoms with van der Waals surface area (Å²) in [6, 6.07) is 7.53. The Kier molecular flexibility index (Phi) is 12.9. The van der Waals surface area contributed by atoms with Gasteiger partial charge in [0.2, 0.25) is 23.6 Å². The van der Waals surface area contributed by atoms with Crippen LogP contribution in [0.5, 0.6) is 0 Å². The number of carbonyl (C=O) groups excluding carboxylic acids is 9. The molecule has 1 saturated heterocycles. The van der Waals surface area contributed by atoms with Gasteiger partial charge >= 0.3 is 5.97 Å². The van der Waals surface area contributed by atoms with E-state index in [-0.39, 0.29) is 56.5 Å². The smallest absolute Gasteiger partial charge is 0.347 e. The summed E-state index contributed by atoms with van der Waals surface area (Å²) in [5.74, 6) is -5.62. The number of unbranched alkanes of at least 4 members (excludes halogenated alkanes) is 2. The Morgan fingerprint density at radius 1 is 0.733 bits per heavy atom. The van der Waals surface area contributed by atoms with Crippen molar-refractivity contribution in [1.82, 2.24) is 31.2 Å². The molecule has 2 aliphatic heterocycles. The molecular formula is C29H34N6O10. The number of benzene rings is 1. The molecule has 8 amide bonds. The molecule has 0 radical (unpaired) electrons. The molecule has 0 aromatic heterocycles. The molecule has 1 unspecified atom stereocenters. The quantitative estimate of drug-likeness (QED) is 0.112. The third-order valence-electron chi connectivity index (χ3n) is 6.62. The normalized spacial score (nSPS) is 14.8. The predicted octanol–water partition coefficient (Wildman–Crippen LogP) is -1.84. The molecule has 2 heterocycles. The topological polar surface area (TPSA) is 217 Å². The van der Waals surface area contributed by atoms with E-state index in [0.717, 1.165) is 4.90 Å². The maximum atomic E-state index is 12.8. The summed E-state index contributed by atoms with van der Waals surface area (Å²) in [5, 5.41) is 9.93. The first-order valence-electron chi connectivity index (χ1n) is 14.3. The van der Waals surface area contributed by atoms with Crippen LogP contribution in [0, 0.1) is 0 Å². The van der Waals surface area contributed by atoms with Gasteiger partial charge in [0.15, 0.2) is 0 Å². The molecule has 0 bridgehead atoms. The fourth-order valence-corrected chi connectivity index (χ4v) is 4.27. The van der Waals surface area contributed by atoms with Crippen LogP contribution in [0.2, 0.25) is 0 Å². The van der Waals surface area contributed by atoms with E-state index < -0.39 is 54.6 Å². The molecule has 1 aromatic carbocycles. The van der Waals surface area contributed by atoms with E-state index in [4.69, 9.17) is 4.84 Å². The van der Waals surface area contributed by atoms with Crippen LogP contribution >= 0.6 is 0 Å². The highest BCUT2D eigenvalue weighted by Gasteiger charge is 2.33. The minimum atomic E-state index is -1.16. The minimum absolute atomic E-state index is 0.0437. The molecule has 0 aliphatic carbocycles. The second-order valence-corrected chi connectivity index (χ2v) is 10.1. The van der Waals surface area contributed by atoms with Crippen LogP contribution in [0.15, 0.2) is 42.5 Å². The summed E-state index contributed by atoms with van der Waals surface area (Å²) < 4.78 is 0. The summed E-state index contributed by atoms with van der Waals surface area (Å²) in [5.41, 5.74) is 0.690. The molecule has 240 valence electrons. The number of carbonyl (C=O) groups is 9. The van der Waals surface area contributed by atoms with Crippen molar-refractivity contribution in [2.24, 2.45) is 0 Å². The van der Waals surface area contributed by atoms with Crippen LogP contribution < -0.4 is 21.3 Å². The second kappa shape index (κ2) is 17.0. The fraction of sp³-hybridized carbons (Fsp3) is 0.414. The van der Waals surface area contributed by atoms with Crippen LogP contribution in [0.25, 0.3) is 0 Å². The Balaban J connectivity index is 1.36. The summed E-state index contributed by atoms with van der Waals surface area (Å²) in [7, 11) is 0. The predicted molar refractivity (Wildman–Crippen MR) is 153 cm³/mol. The maximum Gasteiger partial charge on any atom is 0.352 e. The lowest BCUT2D eigenvalue weighted by Gasteiger charge is -2.19. The van der Waals surface area contributed by atoms with Crippen molar-refractivity contribution in [3.63, 3.8) is 0 Å². The molecule has 0 saturated carbocycles. The highest BCUT2D eigenvalue weighted by Crippen LogP contribution is 2.12. The molecule has 16 nitrogen and oxygen atoms in total. The summed E-state index contributed by atoms with van der Waals surface area (Å²) in [6.45, 7) is -1.30. The van der Waals surface area contributed by atoms with Crippen LogP contribution in [0.4, 0.5) is 0 Å². The van der Waals surface area contributed by atoms with Crippen LogP contribution in [-0.4, -0.2) is 95.4 Å². The van der Waals surface area contributed by atoms with Crippen LogP contribution in [0.3, 0.4) is 0 Å². The molecule has 0 spiro atoms. The van der Waals surface area contributed by atoms with Crippen LogP contribution in [-0.2, 0) is 54.4 Å². The van der Waals surface area contributed by atoms with Crippen molar-refractivity contribution in [2.45, 2.75) is 51.0 Å². The molecule has 1 atom stereocenters. The van der Waals surface area contributed by atoms with Gasteiger partial charge in [0.05, 0.1) is 13.1 Å². The van der Waals surface area contributed by atoms with Crippen molar-refractivity contribution in [2.75, 3.05) is 26.2 Å². The number of rotatable bonds is 17. The lowest BCUT2D eigenvalue weighted by atomic mass is 10.1. The standard InChI is InChI=1S/C29H34N6O10/c36-21(9-5-2-6-14-34-24(39)10-11-25(34)40)30-16-22(37)31-17-23(38)33-20(15-19-7-3-1-4-8-19)29(44)32-18-28(43)45-35-26(41)12-13-27(35)42/h1,3-4,7-8,10-11,20H,2,5-6,9,12-18H2,(H,30,36)(H,31,37)(H,32,44)(H,33,38). The van der Waals surface area contributed by atoms with Gasteiger partial charge in [-0.3, -0.25) is 43.3 Å². The lowest BCUT2D eigenvalue weighted by molar-refractivity contribution is -0.196. The molecule has 16 heteroatoms. The van der Waals surface area contributed by atoms with Crippen molar-refractivity contribution in [3.05, 3.63) is 48.0 Å². The zero-order chi connectivity index (χ0) is 32.8. The van der Waals surface area contributed by atoms with E-state index in [1.165, 1.54) is 12.2 Å². The van der Waals surface area contributed by atoms with E-state index >= 15 is 0 Å². The van der Waals surface area contributed by atoms with Gasteiger partial charge in [-0.2, -0.15) is 0 Å².